The number of aromatic hydroxyl groups is 1. The molecule has 0 spiro atoms. The van der Waals surface area contributed by atoms with E-state index in [2.05, 4.69) is 30.1 Å². The molecule has 0 bridgehead atoms. The molecule has 154 valence electrons. The Morgan fingerprint density at radius 3 is 2.93 bits per heavy atom. The number of rotatable bonds is 3. The number of nitrogens with zero attached hydrogens (tertiary/aromatic N) is 1. The zero-order valence-electron chi connectivity index (χ0n) is 17.5. The van der Waals surface area contributed by atoms with Gasteiger partial charge < -0.3 is 9.84 Å². The van der Waals surface area contributed by atoms with Gasteiger partial charge in [0.25, 0.3) is 0 Å². The minimum absolute atomic E-state index is 0.0275. The van der Waals surface area contributed by atoms with Gasteiger partial charge in [0.15, 0.2) is 0 Å². The molecule has 1 saturated carbocycles. The van der Waals surface area contributed by atoms with Crippen LogP contribution in [0.4, 0.5) is 0 Å². The molecular weight excluding hydrogens is 364 g/mol. The lowest BCUT2D eigenvalue weighted by atomic mass is 9.55. The number of nitrogens with one attached hydrogen (secondary N) is 1. The van der Waals surface area contributed by atoms with Gasteiger partial charge in [0, 0.05) is 11.0 Å². The molecule has 4 unspecified atom stereocenters. The maximum atomic E-state index is 12.4. The van der Waals surface area contributed by atoms with Crippen LogP contribution in [0.2, 0.25) is 0 Å². The summed E-state index contributed by atoms with van der Waals surface area (Å²) in [5.41, 5.74) is 6.60. The molecule has 0 saturated heterocycles. The summed E-state index contributed by atoms with van der Waals surface area (Å²) in [7, 11) is 0. The van der Waals surface area contributed by atoms with Crippen molar-refractivity contribution in [2.45, 2.75) is 70.6 Å². The Morgan fingerprint density at radius 2 is 2.17 bits per heavy atom. The fourth-order valence-corrected chi connectivity index (χ4v) is 6.56. The summed E-state index contributed by atoms with van der Waals surface area (Å²) in [5.74, 6) is 1.82. The summed E-state index contributed by atoms with van der Waals surface area (Å²) in [5, 5.41) is 17.9. The van der Waals surface area contributed by atoms with E-state index in [0.717, 1.165) is 55.3 Å². The number of aryl methyl sites for hydroxylation is 2. The van der Waals surface area contributed by atoms with Gasteiger partial charge in [-0.15, -0.1) is 0 Å². The van der Waals surface area contributed by atoms with Gasteiger partial charge >= 0.3 is 5.97 Å². The van der Waals surface area contributed by atoms with Crippen molar-refractivity contribution >= 4 is 5.97 Å². The van der Waals surface area contributed by atoms with Crippen LogP contribution < -0.4 is 0 Å². The molecule has 2 N–H and O–H groups in total. The molecule has 2 aromatic rings. The van der Waals surface area contributed by atoms with E-state index < -0.39 is 0 Å². The molecule has 0 amide bonds. The Balaban J connectivity index is 1.51. The molecule has 5 rings (SSSR count). The van der Waals surface area contributed by atoms with E-state index in [4.69, 9.17) is 4.74 Å². The highest BCUT2D eigenvalue weighted by Gasteiger charge is 2.55. The summed E-state index contributed by atoms with van der Waals surface area (Å²) in [6.45, 7) is 6.66. The first-order chi connectivity index (χ1) is 14.0. The highest BCUT2D eigenvalue weighted by molar-refractivity contribution is 5.89. The average Bonchev–Trinajstić information content (AvgIpc) is 3.25. The van der Waals surface area contributed by atoms with Crippen molar-refractivity contribution in [3.8, 4) is 5.75 Å². The topological polar surface area (TPSA) is 75.2 Å². The Labute approximate surface area is 171 Å². The SMILES string of the molecule is CCOC(=O)c1[nH]nc2c1CC1C3CCc4cc(O)c(CC)cc4C3CCC21C. The predicted octanol–water partition coefficient (Wildman–Crippen LogP) is 4.42. The number of ether oxygens (including phenoxy) is 1. The second-order valence-corrected chi connectivity index (χ2v) is 9.26. The van der Waals surface area contributed by atoms with E-state index in [1.807, 2.05) is 13.0 Å². The van der Waals surface area contributed by atoms with Crippen molar-refractivity contribution < 1.29 is 14.6 Å². The molecule has 0 radical (unpaired) electrons. The lowest BCUT2D eigenvalue weighted by Gasteiger charge is -2.49. The van der Waals surface area contributed by atoms with Crippen LogP contribution >= 0.6 is 0 Å². The standard InChI is InChI=1S/C24H30N2O3/c1-4-13-10-17-14(11-20(13)27)6-7-16-15(17)8-9-24(3)19(16)12-18-21(23(28)29-5-2)25-26-22(18)24/h10-11,15-16,19,27H,4-9,12H2,1-3H3,(H,25,26). The smallest absolute Gasteiger partial charge is 0.356 e. The van der Waals surface area contributed by atoms with Crippen LogP contribution in [0, 0.1) is 11.8 Å². The number of carbonyl (C=O) groups excluding carboxylic acids is 1. The zero-order valence-corrected chi connectivity index (χ0v) is 17.5. The number of aromatic nitrogens is 2. The van der Waals surface area contributed by atoms with Crippen LogP contribution in [0.5, 0.6) is 5.75 Å². The lowest BCUT2D eigenvalue weighted by molar-refractivity contribution is 0.0516. The number of aromatic amines is 1. The Morgan fingerprint density at radius 1 is 1.34 bits per heavy atom. The van der Waals surface area contributed by atoms with E-state index in [-0.39, 0.29) is 11.4 Å². The first kappa shape index (κ1) is 18.7. The fourth-order valence-electron chi connectivity index (χ4n) is 6.56. The van der Waals surface area contributed by atoms with Crippen LogP contribution in [0.3, 0.4) is 0 Å². The normalized spacial score (nSPS) is 29.6. The minimum atomic E-state index is -0.280. The third kappa shape index (κ3) is 2.59. The quantitative estimate of drug-likeness (QED) is 0.756. The maximum absolute atomic E-state index is 12.4. The van der Waals surface area contributed by atoms with Gasteiger partial charge in [0.2, 0.25) is 0 Å². The molecular formula is C24H30N2O3. The molecule has 1 heterocycles. The molecule has 29 heavy (non-hydrogen) atoms. The number of H-pyrrole nitrogens is 1. The molecule has 4 atom stereocenters. The van der Waals surface area contributed by atoms with Gasteiger partial charge in [0.05, 0.1) is 12.3 Å². The van der Waals surface area contributed by atoms with Crippen molar-refractivity contribution in [2.24, 2.45) is 11.8 Å². The molecule has 3 aliphatic rings. The van der Waals surface area contributed by atoms with Gasteiger partial charge in [-0.25, -0.2) is 4.79 Å². The average molecular weight is 395 g/mol. The van der Waals surface area contributed by atoms with Crippen LogP contribution in [0.1, 0.15) is 84.4 Å². The highest BCUT2D eigenvalue weighted by Crippen LogP contribution is 2.60. The number of phenolic OH excluding ortho intramolecular Hbond substituents is 1. The third-order valence-electron chi connectivity index (χ3n) is 8.01. The number of phenols is 1. The molecule has 1 fully saturated rings. The second-order valence-electron chi connectivity index (χ2n) is 9.26. The summed E-state index contributed by atoms with van der Waals surface area (Å²) >= 11 is 0. The Kier molecular flexibility index (Phi) is 4.27. The molecule has 0 aliphatic heterocycles. The summed E-state index contributed by atoms with van der Waals surface area (Å²) in [6.07, 6.45) is 6.16. The molecule has 1 aromatic carbocycles. The predicted molar refractivity (Wildman–Crippen MR) is 110 cm³/mol. The maximum Gasteiger partial charge on any atom is 0.356 e. The summed E-state index contributed by atoms with van der Waals surface area (Å²) in [6, 6.07) is 4.28. The number of carbonyl (C=O) groups is 1. The third-order valence-corrected chi connectivity index (χ3v) is 8.01. The number of hydrogen-bond donors (Lipinski definition) is 2. The monoisotopic (exact) mass is 394 g/mol. The van der Waals surface area contributed by atoms with Crippen molar-refractivity contribution in [2.75, 3.05) is 6.61 Å². The van der Waals surface area contributed by atoms with E-state index in [0.29, 0.717) is 35.8 Å². The fraction of sp³-hybridized carbons (Fsp3) is 0.583. The van der Waals surface area contributed by atoms with E-state index in [1.54, 1.807) is 0 Å². The van der Waals surface area contributed by atoms with Gasteiger partial charge in [-0.2, -0.15) is 5.10 Å². The van der Waals surface area contributed by atoms with Crippen molar-refractivity contribution in [1.82, 2.24) is 10.2 Å². The summed E-state index contributed by atoms with van der Waals surface area (Å²) < 4.78 is 5.25. The van der Waals surface area contributed by atoms with Crippen molar-refractivity contribution in [1.29, 1.82) is 0 Å². The van der Waals surface area contributed by atoms with Gasteiger partial charge in [-0.3, -0.25) is 5.10 Å². The molecule has 5 nitrogen and oxygen atoms in total. The van der Waals surface area contributed by atoms with Crippen LogP contribution in [-0.4, -0.2) is 27.9 Å². The van der Waals surface area contributed by atoms with Crippen molar-refractivity contribution in [3.05, 3.63) is 45.8 Å². The number of fused-ring (bicyclic) bond motifs is 7. The minimum Gasteiger partial charge on any atom is -0.508 e. The molecule has 5 heteroatoms. The number of hydrogen-bond acceptors (Lipinski definition) is 4. The van der Waals surface area contributed by atoms with Crippen LogP contribution in [0.15, 0.2) is 12.1 Å². The first-order valence-electron chi connectivity index (χ1n) is 11.1. The van der Waals surface area contributed by atoms with Crippen LogP contribution in [0.25, 0.3) is 0 Å². The van der Waals surface area contributed by atoms with Gasteiger partial charge in [-0.05, 0) is 86.0 Å². The Bertz CT molecular complexity index is 979. The van der Waals surface area contributed by atoms with E-state index in [1.165, 1.54) is 11.1 Å². The van der Waals surface area contributed by atoms with E-state index >= 15 is 0 Å². The largest absolute Gasteiger partial charge is 0.508 e. The van der Waals surface area contributed by atoms with Gasteiger partial charge in [-0.1, -0.05) is 19.9 Å². The number of benzene rings is 1. The number of esters is 1. The first-order valence-corrected chi connectivity index (χ1v) is 11.1. The zero-order chi connectivity index (χ0) is 20.3. The van der Waals surface area contributed by atoms with Crippen molar-refractivity contribution in [3.63, 3.8) is 0 Å². The molecule has 3 aliphatic carbocycles. The second kappa shape index (κ2) is 6.61. The lowest BCUT2D eigenvalue weighted by Crippen LogP contribution is -2.43. The molecule has 1 aromatic heterocycles. The Hall–Kier alpha value is -2.30. The summed E-state index contributed by atoms with van der Waals surface area (Å²) in [4.78, 5) is 12.4. The highest BCUT2D eigenvalue weighted by atomic mass is 16.5. The van der Waals surface area contributed by atoms with E-state index in [9.17, 15) is 9.90 Å². The van der Waals surface area contributed by atoms with Gasteiger partial charge in [0.1, 0.15) is 11.4 Å². The van der Waals surface area contributed by atoms with Crippen LogP contribution in [-0.2, 0) is 29.4 Å².